The average molecular weight is 563 g/mol. The van der Waals surface area contributed by atoms with Gasteiger partial charge in [0.2, 0.25) is 5.91 Å². The first-order valence-electron chi connectivity index (χ1n) is 12.2. The second-order valence-electron chi connectivity index (χ2n) is 8.55. The van der Waals surface area contributed by atoms with E-state index in [2.05, 4.69) is 22.1 Å². The number of halogens is 2. The summed E-state index contributed by atoms with van der Waals surface area (Å²) in [6.07, 6.45) is 4.65. The summed E-state index contributed by atoms with van der Waals surface area (Å²) in [6.45, 7) is 7.76. The topological polar surface area (TPSA) is 95.3 Å². The third kappa shape index (κ3) is 6.24. The van der Waals surface area contributed by atoms with Crippen molar-refractivity contribution in [2.75, 3.05) is 17.7 Å². The molecule has 1 aromatic carbocycles. The fourth-order valence-corrected chi connectivity index (χ4v) is 6.24. The lowest BCUT2D eigenvalue weighted by atomic mass is 9.95. The standard InChI is InChI=1S/C26H28F2N4O4S2/c1-4-12-32-23(15(3)36-19-11-10-16(27)13-18(19)28)30-31-26(32)37-14-21(33)29-24-22(25(34)35-5-2)17-8-6-7-9-20(17)38-24/h4,10-11,13,15H,1,5-9,12,14H2,2-3H3,(H,29,33). The second kappa shape index (κ2) is 12.5. The van der Waals surface area contributed by atoms with Gasteiger partial charge in [0.25, 0.3) is 0 Å². The summed E-state index contributed by atoms with van der Waals surface area (Å²) in [5.41, 5.74) is 1.44. The molecular weight excluding hydrogens is 534 g/mol. The minimum atomic E-state index is -0.824. The zero-order chi connectivity index (χ0) is 27.2. The van der Waals surface area contributed by atoms with Crippen molar-refractivity contribution in [3.8, 4) is 5.75 Å². The summed E-state index contributed by atoms with van der Waals surface area (Å²) in [7, 11) is 0. The van der Waals surface area contributed by atoms with Gasteiger partial charge in [-0.2, -0.15) is 0 Å². The number of benzene rings is 1. The van der Waals surface area contributed by atoms with Gasteiger partial charge in [-0.1, -0.05) is 17.8 Å². The number of allylic oxidation sites excluding steroid dienone is 1. The minimum absolute atomic E-state index is 0.0158. The Morgan fingerprint density at radius 1 is 1.29 bits per heavy atom. The third-order valence-corrected chi connectivity index (χ3v) is 8.03. The molecule has 0 radical (unpaired) electrons. The summed E-state index contributed by atoms with van der Waals surface area (Å²) in [5.74, 6) is -1.95. The fourth-order valence-electron chi connectivity index (χ4n) is 4.19. The lowest BCUT2D eigenvalue weighted by Gasteiger charge is -2.16. The molecule has 0 bridgehead atoms. The monoisotopic (exact) mass is 562 g/mol. The molecule has 2 aromatic heterocycles. The number of aromatic nitrogens is 3. The minimum Gasteiger partial charge on any atom is -0.480 e. The van der Waals surface area contributed by atoms with Crippen molar-refractivity contribution >= 4 is 40.0 Å². The number of esters is 1. The van der Waals surface area contributed by atoms with E-state index in [1.165, 1.54) is 17.4 Å². The van der Waals surface area contributed by atoms with Crippen molar-refractivity contribution in [1.82, 2.24) is 14.8 Å². The van der Waals surface area contributed by atoms with Gasteiger partial charge in [0.1, 0.15) is 10.8 Å². The number of nitrogens with zero attached hydrogens (tertiary/aromatic N) is 3. The van der Waals surface area contributed by atoms with Crippen LogP contribution < -0.4 is 10.1 Å². The molecule has 38 heavy (non-hydrogen) atoms. The molecule has 2 heterocycles. The highest BCUT2D eigenvalue weighted by Gasteiger charge is 2.27. The fraction of sp³-hybridized carbons (Fsp3) is 0.385. The number of hydrogen-bond acceptors (Lipinski definition) is 8. The molecule has 202 valence electrons. The van der Waals surface area contributed by atoms with Gasteiger partial charge in [0.05, 0.1) is 17.9 Å². The van der Waals surface area contributed by atoms with Crippen molar-refractivity contribution in [1.29, 1.82) is 0 Å². The molecule has 3 aromatic rings. The molecule has 0 aliphatic heterocycles. The number of rotatable bonds is 11. The van der Waals surface area contributed by atoms with Crippen LogP contribution in [0.1, 0.15) is 59.4 Å². The molecule has 8 nitrogen and oxygen atoms in total. The highest BCUT2D eigenvalue weighted by molar-refractivity contribution is 7.99. The molecule has 12 heteroatoms. The first-order valence-corrected chi connectivity index (χ1v) is 14.0. The highest BCUT2D eigenvalue weighted by atomic mass is 32.2. The van der Waals surface area contributed by atoms with Crippen LogP contribution in [-0.4, -0.2) is 39.0 Å². The molecule has 1 atom stereocenters. The van der Waals surface area contributed by atoms with E-state index in [9.17, 15) is 18.4 Å². The lowest BCUT2D eigenvalue weighted by Crippen LogP contribution is -2.17. The van der Waals surface area contributed by atoms with Crippen LogP contribution in [0.3, 0.4) is 0 Å². The van der Waals surface area contributed by atoms with Crippen molar-refractivity contribution in [2.24, 2.45) is 0 Å². The van der Waals surface area contributed by atoms with Crippen LogP contribution in [0.5, 0.6) is 5.75 Å². The number of ether oxygens (including phenoxy) is 2. The molecule has 1 unspecified atom stereocenters. The maximum atomic E-state index is 14.1. The van der Waals surface area contributed by atoms with Crippen LogP contribution in [0, 0.1) is 11.6 Å². The van der Waals surface area contributed by atoms with E-state index in [-0.39, 0.29) is 24.0 Å². The van der Waals surface area contributed by atoms with Gasteiger partial charge in [0, 0.05) is 17.5 Å². The number of carbonyl (C=O) groups is 2. The summed E-state index contributed by atoms with van der Waals surface area (Å²) in [6, 6.07) is 3.06. The van der Waals surface area contributed by atoms with Gasteiger partial charge >= 0.3 is 5.97 Å². The van der Waals surface area contributed by atoms with E-state index in [1.807, 2.05) is 0 Å². The first kappa shape index (κ1) is 27.8. The van der Waals surface area contributed by atoms with E-state index in [1.54, 1.807) is 24.5 Å². The van der Waals surface area contributed by atoms with Crippen molar-refractivity contribution in [2.45, 2.75) is 57.3 Å². The van der Waals surface area contributed by atoms with Gasteiger partial charge in [-0.05, 0) is 57.2 Å². The van der Waals surface area contributed by atoms with Gasteiger partial charge < -0.3 is 14.8 Å². The van der Waals surface area contributed by atoms with Crippen LogP contribution in [-0.2, 0) is 28.9 Å². The van der Waals surface area contributed by atoms with Gasteiger partial charge in [-0.15, -0.1) is 28.1 Å². The van der Waals surface area contributed by atoms with Crippen LogP contribution in [0.2, 0.25) is 0 Å². The summed E-state index contributed by atoms with van der Waals surface area (Å²) >= 11 is 2.59. The third-order valence-electron chi connectivity index (χ3n) is 5.85. The van der Waals surface area contributed by atoms with Crippen LogP contribution in [0.4, 0.5) is 13.8 Å². The summed E-state index contributed by atoms with van der Waals surface area (Å²) < 4.78 is 39.9. The highest BCUT2D eigenvalue weighted by Crippen LogP contribution is 2.39. The quantitative estimate of drug-likeness (QED) is 0.181. The van der Waals surface area contributed by atoms with E-state index in [4.69, 9.17) is 9.47 Å². The normalized spacial score (nSPS) is 13.5. The summed E-state index contributed by atoms with van der Waals surface area (Å²) in [4.78, 5) is 26.7. The molecule has 1 N–H and O–H groups in total. The van der Waals surface area contributed by atoms with Gasteiger partial charge in [-0.3, -0.25) is 9.36 Å². The summed E-state index contributed by atoms with van der Waals surface area (Å²) in [5, 5.41) is 12.2. The Hall–Kier alpha value is -3.25. The molecule has 0 spiro atoms. The predicted molar refractivity (Wildman–Crippen MR) is 142 cm³/mol. The SMILES string of the molecule is C=CCn1c(SCC(=O)Nc2sc3c(c2C(=O)OCC)CCCC3)nnc1C(C)Oc1ccc(F)cc1F. The van der Waals surface area contributed by atoms with Gasteiger partial charge in [-0.25, -0.2) is 13.6 Å². The van der Waals surface area contributed by atoms with Crippen LogP contribution in [0.15, 0.2) is 36.0 Å². The van der Waals surface area contributed by atoms with E-state index in [0.717, 1.165) is 60.0 Å². The largest absolute Gasteiger partial charge is 0.480 e. The molecule has 0 saturated heterocycles. The smallest absolute Gasteiger partial charge is 0.341 e. The maximum Gasteiger partial charge on any atom is 0.341 e. The zero-order valence-electron chi connectivity index (χ0n) is 21.1. The zero-order valence-corrected chi connectivity index (χ0v) is 22.7. The average Bonchev–Trinajstić information content (AvgIpc) is 3.45. The Morgan fingerprint density at radius 3 is 2.82 bits per heavy atom. The molecule has 1 aliphatic carbocycles. The van der Waals surface area contributed by atoms with Crippen molar-refractivity contribution in [3.63, 3.8) is 0 Å². The number of fused-ring (bicyclic) bond motifs is 1. The Morgan fingerprint density at radius 2 is 2.08 bits per heavy atom. The first-order chi connectivity index (χ1) is 18.3. The Balaban J connectivity index is 1.46. The Kier molecular flexibility index (Phi) is 9.16. The Labute approximate surface area is 227 Å². The lowest BCUT2D eigenvalue weighted by molar-refractivity contribution is -0.113. The number of aryl methyl sites for hydroxylation is 1. The van der Waals surface area contributed by atoms with E-state index in [0.29, 0.717) is 28.1 Å². The molecule has 1 aliphatic rings. The Bertz CT molecular complexity index is 1340. The second-order valence-corrected chi connectivity index (χ2v) is 10.6. The van der Waals surface area contributed by atoms with Crippen LogP contribution >= 0.6 is 23.1 Å². The number of carbonyl (C=O) groups excluding carboxylic acids is 2. The number of thiophene rings is 1. The number of thioether (sulfide) groups is 1. The molecular formula is C26H28F2N4O4S2. The van der Waals surface area contributed by atoms with Crippen LogP contribution in [0.25, 0.3) is 0 Å². The van der Waals surface area contributed by atoms with Gasteiger partial charge in [0.15, 0.2) is 28.7 Å². The molecule has 4 rings (SSSR count). The maximum absolute atomic E-state index is 14.1. The molecule has 0 saturated carbocycles. The van der Waals surface area contributed by atoms with E-state index >= 15 is 0 Å². The number of hydrogen-bond donors (Lipinski definition) is 1. The number of amides is 1. The molecule has 0 fully saturated rings. The number of nitrogens with one attached hydrogen (secondary N) is 1. The van der Waals surface area contributed by atoms with Crippen molar-refractivity contribution < 1.29 is 27.8 Å². The van der Waals surface area contributed by atoms with Crippen molar-refractivity contribution in [3.05, 3.63) is 64.3 Å². The predicted octanol–water partition coefficient (Wildman–Crippen LogP) is 5.73. The van der Waals surface area contributed by atoms with E-state index < -0.39 is 23.7 Å². The molecule has 1 amide bonds. The number of anilines is 1.